The lowest BCUT2D eigenvalue weighted by atomic mass is 10.1. The van der Waals surface area contributed by atoms with Gasteiger partial charge in [-0.2, -0.15) is 0 Å². The molecule has 1 aromatic carbocycles. The lowest BCUT2D eigenvalue weighted by Crippen LogP contribution is -2.40. The smallest absolute Gasteiger partial charge is 0.194 e. The molecule has 1 heterocycles. The molecule has 6 heteroatoms. The van der Waals surface area contributed by atoms with Gasteiger partial charge in [-0.3, -0.25) is 4.98 Å². The van der Waals surface area contributed by atoms with Gasteiger partial charge in [0.15, 0.2) is 17.5 Å². The molecule has 146 valence electrons. The van der Waals surface area contributed by atoms with Crippen molar-refractivity contribution in [1.82, 2.24) is 15.2 Å². The molecule has 0 aliphatic carbocycles. The first kappa shape index (κ1) is 20.6. The molecule has 0 radical (unpaired) electrons. The Morgan fingerprint density at radius 2 is 1.93 bits per heavy atom. The first-order chi connectivity index (χ1) is 13.1. The summed E-state index contributed by atoms with van der Waals surface area (Å²) in [5.74, 6) is 2.38. The van der Waals surface area contributed by atoms with Crippen LogP contribution in [0.5, 0.6) is 11.5 Å². The summed E-state index contributed by atoms with van der Waals surface area (Å²) in [6, 6.07) is 12.0. The molecule has 6 nitrogen and oxygen atoms in total. The summed E-state index contributed by atoms with van der Waals surface area (Å²) in [5, 5.41) is 3.35. The van der Waals surface area contributed by atoms with Crippen LogP contribution in [0, 0.1) is 6.92 Å². The van der Waals surface area contributed by atoms with E-state index < -0.39 is 0 Å². The Hall–Kier alpha value is -2.76. The predicted molar refractivity (Wildman–Crippen MR) is 110 cm³/mol. The van der Waals surface area contributed by atoms with Crippen molar-refractivity contribution in [3.8, 4) is 11.5 Å². The zero-order valence-electron chi connectivity index (χ0n) is 17.0. The Balaban J connectivity index is 2.01. The van der Waals surface area contributed by atoms with Crippen molar-refractivity contribution >= 4 is 5.96 Å². The van der Waals surface area contributed by atoms with Crippen LogP contribution in [0.2, 0.25) is 0 Å². The van der Waals surface area contributed by atoms with Crippen LogP contribution in [0.1, 0.15) is 23.9 Å². The fourth-order valence-corrected chi connectivity index (χ4v) is 2.75. The zero-order chi connectivity index (χ0) is 19.6. The van der Waals surface area contributed by atoms with Crippen LogP contribution >= 0.6 is 0 Å². The number of hydrogen-bond acceptors (Lipinski definition) is 4. The number of nitrogens with zero attached hydrogens (tertiary/aromatic N) is 3. The molecule has 0 aliphatic heterocycles. The fraction of sp³-hybridized carbons (Fsp3) is 0.429. The van der Waals surface area contributed by atoms with E-state index in [9.17, 15) is 0 Å². The minimum atomic E-state index is 0.560. The monoisotopic (exact) mass is 370 g/mol. The number of likely N-dealkylation sites (N-methyl/N-ethyl adjacent to an activating group) is 1. The second-order valence-electron chi connectivity index (χ2n) is 6.30. The average Bonchev–Trinajstić information content (AvgIpc) is 2.69. The standard InChI is InChI=1S/C21H30N4O2/c1-6-22-21(23-15-18-9-7-8-16(2)24-18)25(3)13-12-17-10-11-19(26-4)20(14-17)27-5/h7-11,14H,6,12-13,15H2,1-5H3,(H,22,23). The highest BCUT2D eigenvalue weighted by atomic mass is 16.5. The van der Waals surface area contributed by atoms with Gasteiger partial charge in [0.2, 0.25) is 0 Å². The molecular weight excluding hydrogens is 340 g/mol. The first-order valence-electron chi connectivity index (χ1n) is 9.20. The second kappa shape index (κ2) is 10.4. The van der Waals surface area contributed by atoms with E-state index in [1.54, 1.807) is 14.2 Å². The number of aromatic nitrogens is 1. The Bertz CT molecular complexity index is 762. The van der Waals surface area contributed by atoms with Crippen LogP contribution in [0.4, 0.5) is 0 Å². The molecule has 0 atom stereocenters. The number of ether oxygens (including phenoxy) is 2. The molecule has 0 fully saturated rings. The summed E-state index contributed by atoms with van der Waals surface area (Å²) in [6.45, 7) is 6.28. The molecular formula is C21H30N4O2. The van der Waals surface area contributed by atoms with Gasteiger partial charge in [-0.25, -0.2) is 4.99 Å². The summed E-state index contributed by atoms with van der Waals surface area (Å²) in [5.41, 5.74) is 3.17. The molecule has 2 rings (SSSR count). The Labute approximate surface area is 162 Å². The van der Waals surface area contributed by atoms with Gasteiger partial charge in [0.05, 0.1) is 26.5 Å². The van der Waals surface area contributed by atoms with Gasteiger partial charge in [-0.1, -0.05) is 12.1 Å². The maximum Gasteiger partial charge on any atom is 0.194 e. The molecule has 0 amide bonds. The van der Waals surface area contributed by atoms with Gasteiger partial charge < -0.3 is 19.7 Å². The summed E-state index contributed by atoms with van der Waals surface area (Å²) in [7, 11) is 5.35. The molecule has 1 aromatic heterocycles. The molecule has 0 aliphatic rings. The number of pyridine rings is 1. The normalized spacial score (nSPS) is 11.2. The predicted octanol–water partition coefficient (Wildman–Crippen LogP) is 3.05. The highest BCUT2D eigenvalue weighted by Crippen LogP contribution is 2.27. The first-order valence-corrected chi connectivity index (χ1v) is 9.20. The summed E-state index contributed by atoms with van der Waals surface area (Å²) < 4.78 is 10.7. The van der Waals surface area contributed by atoms with E-state index in [0.717, 1.165) is 48.4 Å². The van der Waals surface area contributed by atoms with E-state index in [0.29, 0.717) is 6.54 Å². The molecule has 0 bridgehead atoms. The number of aliphatic imine (C=N–C) groups is 1. The molecule has 0 unspecified atom stereocenters. The maximum atomic E-state index is 5.39. The molecule has 0 spiro atoms. The van der Waals surface area contributed by atoms with Crippen LogP contribution in [-0.4, -0.2) is 50.2 Å². The molecule has 2 aromatic rings. The van der Waals surface area contributed by atoms with Crippen molar-refractivity contribution < 1.29 is 9.47 Å². The van der Waals surface area contributed by atoms with Crippen LogP contribution in [-0.2, 0) is 13.0 Å². The van der Waals surface area contributed by atoms with E-state index in [1.807, 2.05) is 44.3 Å². The third kappa shape index (κ3) is 6.16. The van der Waals surface area contributed by atoms with Crippen LogP contribution in [0.25, 0.3) is 0 Å². The Kier molecular flexibility index (Phi) is 7.92. The third-order valence-electron chi connectivity index (χ3n) is 4.22. The van der Waals surface area contributed by atoms with E-state index in [-0.39, 0.29) is 0 Å². The SMILES string of the molecule is CCNC(=NCc1cccc(C)n1)N(C)CCc1ccc(OC)c(OC)c1. The minimum Gasteiger partial charge on any atom is -0.493 e. The van der Waals surface area contributed by atoms with Crippen molar-refractivity contribution in [2.45, 2.75) is 26.8 Å². The quantitative estimate of drug-likeness (QED) is 0.572. The average molecular weight is 370 g/mol. The number of hydrogen-bond donors (Lipinski definition) is 1. The van der Waals surface area contributed by atoms with Gasteiger partial charge in [0, 0.05) is 25.8 Å². The van der Waals surface area contributed by atoms with E-state index >= 15 is 0 Å². The number of methoxy groups -OCH3 is 2. The Morgan fingerprint density at radius 1 is 1.15 bits per heavy atom. The van der Waals surface area contributed by atoms with Crippen molar-refractivity contribution in [2.75, 3.05) is 34.4 Å². The zero-order valence-corrected chi connectivity index (χ0v) is 17.0. The number of guanidine groups is 1. The molecule has 0 saturated carbocycles. The molecule has 1 N–H and O–H groups in total. The van der Waals surface area contributed by atoms with Gasteiger partial charge in [-0.05, 0) is 50.1 Å². The summed E-state index contributed by atoms with van der Waals surface area (Å²) in [4.78, 5) is 11.4. The van der Waals surface area contributed by atoms with Crippen molar-refractivity contribution in [3.05, 3.63) is 53.3 Å². The number of aryl methyl sites for hydroxylation is 1. The fourth-order valence-electron chi connectivity index (χ4n) is 2.75. The van der Waals surface area contributed by atoms with Gasteiger partial charge >= 0.3 is 0 Å². The van der Waals surface area contributed by atoms with Gasteiger partial charge in [0.25, 0.3) is 0 Å². The van der Waals surface area contributed by atoms with E-state index in [4.69, 9.17) is 14.5 Å². The summed E-state index contributed by atoms with van der Waals surface area (Å²) >= 11 is 0. The largest absolute Gasteiger partial charge is 0.493 e. The molecule has 0 saturated heterocycles. The van der Waals surface area contributed by atoms with Gasteiger partial charge in [0.1, 0.15) is 0 Å². The van der Waals surface area contributed by atoms with Crippen LogP contribution < -0.4 is 14.8 Å². The highest BCUT2D eigenvalue weighted by Gasteiger charge is 2.09. The van der Waals surface area contributed by atoms with Crippen molar-refractivity contribution in [1.29, 1.82) is 0 Å². The minimum absolute atomic E-state index is 0.560. The molecule has 27 heavy (non-hydrogen) atoms. The summed E-state index contributed by atoms with van der Waals surface area (Å²) in [6.07, 6.45) is 0.879. The number of benzene rings is 1. The van der Waals surface area contributed by atoms with Crippen LogP contribution in [0.15, 0.2) is 41.4 Å². The van der Waals surface area contributed by atoms with Gasteiger partial charge in [-0.15, -0.1) is 0 Å². The number of nitrogens with one attached hydrogen (secondary N) is 1. The van der Waals surface area contributed by atoms with E-state index in [1.165, 1.54) is 5.56 Å². The topological polar surface area (TPSA) is 59.0 Å². The Morgan fingerprint density at radius 3 is 2.59 bits per heavy atom. The lowest BCUT2D eigenvalue weighted by Gasteiger charge is -2.22. The maximum absolute atomic E-state index is 5.39. The van der Waals surface area contributed by atoms with E-state index in [2.05, 4.69) is 28.2 Å². The second-order valence-corrected chi connectivity index (χ2v) is 6.30. The highest BCUT2D eigenvalue weighted by molar-refractivity contribution is 5.79. The number of rotatable bonds is 8. The van der Waals surface area contributed by atoms with Crippen molar-refractivity contribution in [2.24, 2.45) is 4.99 Å². The lowest BCUT2D eigenvalue weighted by molar-refractivity contribution is 0.354. The third-order valence-corrected chi connectivity index (χ3v) is 4.22. The van der Waals surface area contributed by atoms with Crippen molar-refractivity contribution in [3.63, 3.8) is 0 Å². The van der Waals surface area contributed by atoms with Crippen LogP contribution in [0.3, 0.4) is 0 Å².